The number of hydrogen-bond acceptors (Lipinski definition) is 2. The summed E-state index contributed by atoms with van der Waals surface area (Å²) in [5.41, 5.74) is 4.69. The third-order valence-electron chi connectivity index (χ3n) is 4.90. The maximum absolute atomic E-state index is 12.2. The van der Waals surface area contributed by atoms with Crippen molar-refractivity contribution in [1.29, 1.82) is 0 Å². The second-order valence-electron chi connectivity index (χ2n) is 6.59. The molecule has 1 heterocycles. The van der Waals surface area contributed by atoms with E-state index in [1.54, 1.807) is 0 Å². The Hall–Kier alpha value is -3.39. The van der Waals surface area contributed by atoms with Crippen LogP contribution in [0.2, 0.25) is 0 Å². The average Bonchev–Trinajstić information content (AvgIpc) is 2.75. The maximum Gasteiger partial charge on any atom is 0.150 e. The topological polar surface area (TPSA) is 26.3 Å². The summed E-state index contributed by atoms with van der Waals surface area (Å²) >= 11 is 0. The van der Waals surface area contributed by atoms with E-state index in [0.29, 0.717) is 11.3 Å². The van der Waals surface area contributed by atoms with E-state index in [1.165, 1.54) is 0 Å². The molecule has 0 fully saturated rings. The van der Waals surface area contributed by atoms with Gasteiger partial charge >= 0.3 is 0 Å². The predicted molar refractivity (Wildman–Crippen MR) is 109 cm³/mol. The monoisotopic (exact) mass is 352 g/mol. The minimum Gasteiger partial charge on any atom is -0.456 e. The van der Waals surface area contributed by atoms with Crippen LogP contribution in [0.3, 0.4) is 0 Å². The van der Waals surface area contributed by atoms with Crippen molar-refractivity contribution in [2.45, 2.75) is 12.8 Å². The minimum atomic E-state index is -0.136. The Morgan fingerprint density at radius 3 is 1.70 bits per heavy atom. The number of ether oxygens (including phenoxy) is 1. The van der Waals surface area contributed by atoms with Gasteiger partial charge in [0, 0.05) is 22.6 Å². The molecule has 3 aromatic carbocycles. The van der Waals surface area contributed by atoms with E-state index in [4.69, 9.17) is 4.74 Å². The number of rotatable bonds is 4. The molecule has 0 saturated carbocycles. The lowest BCUT2D eigenvalue weighted by Gasteiger charge is -2.30. The zero-order valence-electron chi connectivity index (χ0n) is 15.1. The Labute approximate surface area is 159 Å². The van der Waals surface area contributed by atoms with Crippen LogP contribution in [0, 0.1) is 0 Å². The molecule has 0 bridgehead atoms. The average molecular weight is 352 g/mol. The van der Waals surface area contributed by atoms with Gasteiger partial charge in [-0.3, -0.25) is 4.79 Å². The van der Waals surface area contributed by atoms with Gasteiger partial charge in [0.05, 0.1) is 0 Å². The van der Waals surface area contributed by atoms with Crippen molar-refractivity contribution in [2.75, 3.05) is 0 Å². The molecule has 0 N–H and O–H groups in total. The molecule has 0 saturated heterocycles. The van der Waals surface area contributed by atoms with Gasteiger partial charge in [0.15, 0.2) is 6.29 Å². The molecule has 132 valence electrons. The third-order valence-corrected chi connectivity index (χ3v) is 4.90. The number of hydrogen-bond donors (Lipinski definition) is 0. The lowest BCUT2D eigenvalue weighted by atomic mass is 9.81. The Balaban J connectivity index is 1.95. The Morgan fingerprint density at radius 2 is 1.19 bits per heavy atom. The largest absolute Gasteiger partial charge is 0.456 e. The van der Waals surface area contributed by atoms with E-state index in [9.17, 15) is 4.79 Å². The summed E-state index contributed by atoms with van der Waals surface area (Å²) in [4.78, 5) is 12.2. The fraction of sp³-hybridized carbons (Fsp3) is 0.0800. The molecular formula is C25H20O2. The third kappa shape index (κ3) is 3.22. The number of allylic oxidation sites excluding steroid dienone is 2. The van der Waals surface area contributed by atoms with Crippen LogP contribution in [0.25, 0.3) is 11.5 Å². The zero-order valence-corrected chi connectivity index (χ0v) is 15.1. The molecule has 2 nitrogen and oxygen atoms in total. The number of carbonyl (C=O) groups is 1. The normalized spacial score (nSPS) is 16.9. The first kappa shape index (κ1) is 17.0. The van der Waals surface area contributed by atoms with Crippen LogP contribution < -0.4 is 0 Å². The summed E-state index contributed by atoms with van der Waals surface area (Å²) in [7, 11) is 0. The Kier molecular flexibility index (Phi) is 4.71. The van der Waals surface area contributed by atoms with Crippen LogP contribution in [0.4, 0.5) is 0 Å². The highest BCUT2D eigenvalue weighted by atomic mass is 16.5. The van der Waals surface area contributed by atoms with Crippen LogP contribution in [-0.2, 0) is 9.53 Å². The summed E-state index contributed by atoms with van der Waals surface area (Å²) in [6.45, 7) is 2.05. The van der Waals surface area contributed by atoms with Gasteiger partial charge in [0.25, 0.3) is 0 Å². The first-order valence-corrected chi connectivity index (χ1v) is 9.03. The molecule has 0 spiro atoms. The van der Waals surface area contributed by atoms with Gasteiger partial charge in [-0.2, -0.15) is 0 Å². The molecule has 0 aromatic heterocycles. The van der Waals surface area contributed by atoms with Crippen molar-refractivity contribution in [3.8, 4) is 0 Å². The molecule has 1 aliphatic heterocycles. The molecule has 0 amide bonds. The maximum atomic E-state index is 12.2. The van der Waals surface area contributed by atoms with Crippen molar-refractivity contribution in [2.24, 2.45) is 0 Å². The smallest absolute Gasteiger partial charge is 0.150 e. The van der Waals surface area contributed by atoms with Crippen molar-refractivity contribution < 1.29 is 9.53 Å². The van der Waals surface area contributed by atoms with Crippen molar-refractivity contribution in [1.82, 2.24) is 0 Å². The molecule has 1 unspecified atom stereocenters. The van der Waals surface area contributed by atoms with Gasteiger partial charge < -0.3 is 4.74 Å². The van der Waals surface area contributed by atoms with Gasteiger partial charge in [-0.05, 0) is 18.1 Å². The van der Waals surface area contributed by atoms with E-state index in [0.717, 1.165) is 34.3 Å². The summed E-state index contributed by atoms with van der Waals surface area (Å²) in [5, 5.41) is 0. The van der Waals surface area contributed by atoms with Gasteiger partial charge in [-0.25, -0.2) is 0 Å². The van der Waals surface area contributed by atoms with Gasteiger partial charge in [-0.15, -0.1) is 0 Å². The number of carbonyl (C=O) groups excluding carboxylic acids is 1. The second kappa shape index (κ2) is 7.46. The highest BCUT2D eigenvalue weighted by Crippen LogP contribution is 2.45. The van der Waals surface area contributed by atoms with Crippen LogP contribution in [-0.4, -0.2) is 6.29 Å². The van der Waals surface area contributed by atoms with Gasteiger partial charge in [0.1, 0.15) is 11.5 Å². The summed E-state index contributed by atoms with van der Waals surface area (Å²) in [6.07, 6.45) is 0.936. The van der Waals surface area contributed by atoms with Crippen molar-refractivity contribution >= 4 is 17.8 Å². The van der Waals surface area contributed by atoms with E-state index in [2.05, 4.69) is 12.1 Å². The van der Waals surface area contributed by atoms with Crippen LogP contribution in [0.1, 0.15) is 29.5 Å². The van der Waals surface area contributed by atoms with E-state index < -0.39 is 0 Å². The van der Waals surface area contributed by atoms with Gasteiger partial charge in [-0.1, -0.05) is 91.0 Å². The standard InChI is InChI=1S/C25H20O2/c1-18-23(19-11-5-2-6-12-19)22(17-26)25(21-15-9-4-10-16-21)27-24(18)20-13-7-3-8-14-20/h2-17,23H,1H3. The summed E-state index contributed by atoms with van der Waals surface area (Å²) < 4.78 is 6.35. The van der Waals surface area contributed by atoms with E-state index in [1.807, 2.05) is 85.8 Å². The van der Waals surface area contributed by atoms with Crippen molar-refractivity contribution in [3.63, 3.8) is 0 Å². The summed E-state index contributed by atoms with van der Waals surface area (Å²) in [6, 6.07) is 30.0. The molecule has 3 aromatic rings. The lowest BCUT2D eigenvalue weighted by molar-refractivity contribution is -0.105. The molecule has 2 heteroatoms. The lowest BCUT2D eigenvalue weighted by Crippen LogP contribution is -2.16. The predicted octanol–water partition coefficient (Wildman–Crippen LogP) is 5.84. The zero-order chi connectivity index (χ0) is 18.6. The number of benzene rings is 3. The second-order valence-corrected chi connectivity index (χ2v) is 6.59. The molecule has 1 atom stereocenters. The molecule has 1 aliphatic rings. The first-order valence-electron chi connectivity index (χ1n) is 9.03. The summed E-state index contributed by atoms with van der Waals surface area (Å²) in [5.74, 6) is 1.31. The number of aldehydes is 1. The van der Waals surface area contributed by atoms with E-state index >= 15 is 0 Å². The molecule has 4 rings (SSSR count). The quantitative estimate of drug-likeness (QED) is 0.551. The van der Waals surface area contributed by atoms with Crippen LogP contribution >= 0.6 is 0 Å². The molecule has 0 aliphatic carbocycles. The van der Waals surface area contributed by atoms with Crippen LogP contribution in [0.15, 0.2) is 102 Å². The fourth-order valence-electron chi connectivity index (χ4n) is 3.62. The molecule has 0 radical (unpaired) electrons. The highest BCUT2D eigenvalue weighted by molar-refractivity contribution is 5.93. The first-order chi connectivity index (χ1) is 13.3. The minimum absolute atomic E-state index is 0.136. The SMILES string of the molecule is CC1=C(c2ccccc2)OC(c2ccccc2)=C(C=O)C1c1ccccc1. The van der Waals surface area contributed by atoms with Gasteiger partial charge in [0.2, 0.25) is 0 Å². The molecule has 27 heavy (non-hydrogen) atoms. The fourth-order valence-corrected chi connectivity index (χ4v) is 3.62. The Morgan fingerprint density at radius 1 is 0.704 bits per heavy atom. The van der Waals surface area contributed by atoms with E-state index in [-0.39, 0.29) is 5.92 Å². The Bertz CT molecular complexity index is 1000. The van der Waals surface area contributed by atoms with Crippen LogP contribution in [0.5, 0.6) is 0 Å². The molecular weight excluding hydrogens is 332 g/mol. The highest BCUT2D eigenvalue weighted by Gasteiger charge is 2.31. The van der Waals surface area contributed by atoms with Crippen molar-refractivity contribution in [3.05, 3.63) is 119 Å².